The number of benzene rings is 1. The van der Waals surface area contributed by atoms with Gasteiger partial charge in [-0.3, -0.25) is 14.4 Å². The van der Waals surface area contributed by atoms with Crippen molar-refractivity contribution >= 4 is 46.5 Å². The zero-order valence-corrected chi connectivity index (χ0v) is 27.0. The molecule has 0 atom stereocenters. The van der Waals surface area contributed by atoms with Crippen molar-refractivity contribution in [2.24, 2.45) is 0 Å². The summed E-state index contributed by atoms with van der Waals surface area (Å²) in [6, 6.07) is 4.86. The van der Waals surface area contributed by atoms with Gasteiger partial charge in [0.1, 0.15) is 18.0 Å². The molecule has 2 fully saturated rings. The molecule has 0 unspecified atom stereocenters. The summed E-state index contributed by atoms with van der Waals surface area (Å²) in [5, 5.41) is 16.8. The highest BCUT2D eigenvalue weighted by atomic mass is 35.5. The topological polar surface area (TPSA) is 141 Å². The van der Waals surface area contributed by atoms with Crippen LogP contribution < -0.4 is 20.7 Å². The van der Waals surface area contributed by atoms with Crippen molar-refractivity contribution in [2.45, 2.75) is 45.8 Å². The molecule has 48 heavy (non-hydrogen) atoms. The first kappa shape index (κ1) is 33.1. The second-order valence-corrected chi connectivity index (χ2v) is 12.1. The summed E-state index contributed by atoms with van der Waals surface area (Å²) in [5.74, 6) is -0.721. The minimum Gasteiger partial charge on any atom is -0.505 e. The number of carbonyl (C=O) groups excluding carboxylic acids is 2. The van der Waals surface area contributed by atoms with E-state index < -0.39 is 34.1 Å². The molecule has 0 saturated carbocycles. The number of amides is 2. The normalized spacial score (nSPS) is 15.4. The third kappa shape index (κ3) is 6.23. The molecule has 3 aromatic heterocycles. The average Bonchev–Trinajstić information content (AvgIpc) is 3.75. The number of aromatic hydroxyl groups is 1. The van der Waals surface area contributed by atoms with Gasteiger partial charge in [0.15, 0.2) is 5.69 Å². The molecule has 1 aromatic carbocycles. The monoisotopic (exact) mass is 687 g/mol. The molecule has 17 heteroatoms. The second kappa shape index (κ2) is 13.0. The fourth-order valence-electron chi connectivity index (χ4n) is 6.18. The smallest absolute Gasteiger partial charge is 0.417 e. The van der Waals surface area contributed by atoms with Gasteiger partial charge in [-0.05, 0) is 56.0 Å². The van der Waals surface area contributed by atoms with Crippen LogP contribution in [0.2, 0.25) is 5.02 Å². The standard InChI is InChI=1S/C31H33ClF3N9O4/c1-3-22-26(40-11-13-41(14-12-40)27(47)25-23(45)7-6-8-36-25)28(48)44-30(38-29(39-44)42-9-4-5-10-42)43(22)17-24(46)37-21-16-20(32)19(15-18(21)2)31(33,34)35/h6-8,15-16,45H,3-5,9-14,17H2,1-2H3,(H,37,46). The molecule has 2 aliphatic heterocycles. The van der Waals surface area contributed by atoms with Crippen LogP contribution >= 0.6 is 11.6 Å². The van der Waals surface area contributed by atoms with Crippen LogP contribution in [0.15, 0.2) is 35.3 Å². The Morgan fingerprint density at radius 3 is 2.42 bits per heavy atom. The SMILES string of the molecule is CCc1c(N2CCN(C(=O)c3ncccc3O)CC2)c(=O)n2nc(N3CCCC3)nc2n1CC(=O)Nc1cc(Cl)c(C(F)(F)F)cc1C. The molecule has 6 rings (SSSR count). The van der Waals surface area contributed by atoms with Gasteiger partial charge in [-0.2, -0.15) is 22.7 Å². The summed E-state index contributed by atoms with van der Waals surface area (Å²) in [6.07, 6.45) is -1.01. The predicted molar refractivity (Wildman–Crippen MR) is 172 cm³/mol. The van der Waals surface area contributed by atoms with Crippen molar-refractivity contribution < 1.29 is 27.9 Å². The van der Waals surface area contributed by atoms with Crippen molar-refractivity contribution in [1.82, 2.24) is 29.0 Å². The Morgan fingerprint density at radius 1 is 1.06 bits per heavy atom. The Labute approximate surface area is 277 Å². The zero-order chi connectivity index (χ0) is 34.3. The van der Waals surface area contributed by atoms with Gasteiger partial charge in [0.2, 0.25) is 17.6 Å². The number of piperazine rings is 1. The molecule has 0 radical (unpaired) electrons. The quantitative estimate of drug-likeness (QED) is 0.297. The number of nitrogens with zero attached hydrogens (tertiary/aromatic N) is 8. The molecular weight excluding hydrogens is 655 g/mol. The number of aromatic nitrogens is 5. The highest BCUT2D eigenvalue weighted by molar-refractivity contribution is 6.31. The Balaban J connectivity index is 1.34. The van der Waals surface area contributed by atoms with Crippen LogP contribution in [0, 0.1) is 6.92 Å². The van der Waals surface area contributed by atoms with E-state index in [-0.39, 0.29) is 61.2 Å². The molecule has 5 heterocycles. The molecule has 2 amide bonds. The first-order valence-corrected chi connectivity index (χ1v) is 15.9. The minimum atomic E-state index is -4.65. The first-order chi connectivity index (χ1) is 22.9. The molecule has 2 saturated heterocycles. The Hall–Kier alpha value is -4.86. The molecule has 254 valence electrons. The third-order valence-electron chi connectivity index (χ3n) is 8.61. The van der Waals surface area contributed by atoms with E-state index in [4.69, 9.17) is 11.6 Å². The Bertz CT molecular complexity index is 1950. The Morgan fingerprint density at radius 2 is 1.77 bits per heavy atom. The summed E-state index contributed by atoms with van der Waals surface area (Å²) in [6.45, 7) is 5.41. The maximum atomic E-state index is 14.1. The largest absolute Gasteiger partial charge is 0.505 e. The van der Waals surface area contributed by atoms with Gasteiger partial charge < -0.3 is 29.7 Å². The number of carbonyl (C=O) groups is 2. The second-order valence-electron chi connectivity index (χ2n) is 11.7. The Kier molecular flexibility index (Phi) is 8.94. The van der Waals surface area contributed by atoms with Gasteiger partial charge in [0.25, 0.3) is 11.5 Å². The summed E-state index contributed by atoms with van der Waals surface area (Å²) in [5.41, 5.74) is -0.388. The van der Waals surface area contributed by atoms with E-state index in [0.29, 0.717) is 23.8 Å². The molecule has 0 bridgehead atoms. The van der Waals surface area contributed by atoms with Gasteiger partial charge in [0, 0.05) is 51.2 Å². The van der Waals surface area contributed by atoms with Crippen molar-refractivity contribution in [3.05, 3.63) is 68.4 Å². The molecule has 0 spiro atoms. The van der Waals surface area contributed by atoms with Gasteiger partial charge in [-0.25, -0.2) is 4.98 Å². The fraction of sp³-hybridized carbons (Fsp3) is 0.419. The summed E-state index contributed by atoms with van der Waals surface area (Å²) < 4.78 is 42.9. The number of hydrogen-bond acceptors (Lipinski definition) is 9. The number of pyridine rings is 1. The van der Waals surface area contributed by atoms with Crippen LogP contribution in [-0.4, -0.2) is 85.2 Å². The van der Waals surface area contributed by atoms with Gasteiger partial charge in [0.05, 0.1) is 16.3 Å². The lowest BCUT2D eigenvalue weighted by atomic mass is 10.1. The summed E-state index contributed by atoms with van der Waals surface area (Å²) in [7, 11) is 0. The summed E-state index contributed by atoms with van der Waals surface area (Å²) >= 11 is 5.93. The highest BCUT2D eigenvalue weighted by Crippen LogP contribution is 2.37. The van der Waals surface area contributed by atoms with Crippen LogP contribution in [-0.2, 0) is 23.9 Å². The van der Waals surface area contributed by atoms with E-state index >= 15 is 0 Å². The lowest BCUT2D eigenvalue weighted by Crippen LogP contribution is -2.51. The fourth-order valence-corrected chi connectivity index (χ4v) is 6.45. The average molecular weight is 688 g/mol. The zero-order valence-electron chi connectivity index (χ0n) is 26.2. The van der Waals surface area contributed by atoms with Gasteiger partial charge in [-0.15, -0.1) is 5.10 Å². The van der Waals surface area contributed by atoms with Crippen LogP contribution in [0.3, 0.4) is 0 Å². The number of aryl methyl sites for hydroxylation is 1. The summed E-state index contributed by atoms with van der Waals surface area (Å²) in [4.78, 5) is 54.7. The van der Waals surface area contributed by atoms with E-state index in [1.807, 2.05) is 16.7 Å². The van der Waals surface area contributed by atoms with Crippen molar-refractivity contribution in [2.75, 3.05) is 54.4 Å². The number of alkyl halides is 3. The molecule has 2 aliphatic rings. The lowest BCUT2D eigenvalue weighted by molar-refractivity contribution is -0.137. The lowest BCUT2D eigenvalue weighted by Gasteiger charge is -2.36. The van der Waals surface area contributed by atoms with Crippen LogP contribution in [0.5, 0.6) is 5.75 Å². The molecule has 0 aliphatic carbocycles. The van der Waals surface area contributed by atoms with E-state index in [1.54, 1.807) is 9.47 Å². The number of fused-ring (bicyclic) bond motifs is 1. The van der Waals surface area contributed by atoms with Gasteiger partial charge in [-0.1, -0.05) is 18.5 Å². The molecular formula is C31H33ClF3N9O4. The maximum absolute atomic E-state index is 14.1. The first-order valence-electron chi connectivity index (χ1n) is 15.5. The number of halogens is 4. The van der Waals surface area contributed by atoms with Crippen LogP contribution in [0.4, 0.5) is 30.5 Å². The van der Waals surface area contributed by atoms with E-state index in [2.05, 4.69) is 20.4 Å². The van der Waals surface area contributed by atoms with Crippen LogP contribution in [0.25, 0.3) is 5.78 Å². The molecule has 13 nitrogen and oxygen atoms in total. The predicted octanol–water partition coefficient (Wildman–Crippen LogP) is 3.74. The minimum absolute atomic E-state index is 0.0587. The van der Waals surface area contributed by atoms with E-state index in [9.17, 15) is 32.7 Å². The number of rotatable bonds is 7. The van der Waals surface area contributed by atoms with Crippen molar-refractivity contribution in [3.8, 4) is 5.75 Å². The van der Waals surface area contributed by atoms with E-state index in [1.165, 1.54) is 29.8 Å². The number of hydrogen-bond donors (Lipinski definition) is 2. The van der Waals surface area contributed by atoms with E-state index in [0.717, 1.165) is 38.1 Å². The third-order valence-corrected chi connectivity index (χ3v) is 8.92. The number of anilines is 3. The van der Waals surface area contributed by atoms with Crippen molar-refractivity contribution in [3.63, 3.8) is 0 Å². The highest BCUT2D eigenvalue weighted by Gasteiger charge is 2.34. The number of nitrogens with one attached hydrogen (secondary N) is 1. The maximum Gasteiger partial charge on any atom is 0.417 e. The molecule has 4 aromatic rings. The van der Waals surface area contributed by atoms with Crippen LogP contribution in [0.1, 0.15) is 47.1 Å². The van der Waals surface area contributed by atoms with Crippen molar-refractivity contribution in [1.29, 1.82) is 0 Å². The molecule has 2 N–H and O–H groups in total. The van der Waals surface area contributed by atoms with Gasteiger partial charge >= 0.3 is 6.18 Å².